The third-order valence-corrected chi connectivity index (χ3v) is 13.9. The summed E-state index contributed by atoms with van der Waals surface area (Å²) in [7, 11) is 0. The van der Waals surface area contributed by atoms with Crippen LogP contribution in [0.1, 0.15) is 52.7 Å². The van der Waals surface area contributed by atoms with Gasteiger partial charge in [0.05, 0.1) is 22.4 Å². The summed E-state index contributed by atoms with van der Waals surface area (Å²) in [5.74, 6) is 8.17. The average Bonchev–Trinajstić information content (AvgIpc) is 3.70. The number of aromatic nitrogens is 3. The SMILES string of the molecule is CC(C)(C)Cc1cc(-c2[c-]cccc2)nc[c]1[Ge]([CH3])([CH3])[CH3].CC(C)(C)c1ccccc1-n1c(-c2[c-]ccc3c2oc2ccccc23)nc2ccccc21.[Ir]. The molecule has 0 spiro atoms. The first kappa shape index (κ1) is 39.4. The molecule has 6 heteroatoms. The average molecular weight is 949 g/mol. The molecule has 8 rings (SSSR count). The maximum atomic E-state index is 6.34. The van der Waals surface area contributed by atoms with Crippen LogP contribution in [-0.2, 0) is 31.9 Å². The number of para-hydroxylation sites is 4. The second-order valence-corrected chi connectivity index (χ2v) is 27.8. The summed E-state index contributed by atoms with van der Waals surface area (Å²) in [6.45, 7) is 13.7. The van der Waals surface area contributed by atoms with E-state index in [9.17, 15) is 0 Å². The summed E-state index contributed by atoms with van der Waals surface area (Å²) < 4.78 is 10.1. The maximum Gasteiger partial charge on any atom is 0.120 e. The number of fused-ring (bicyclic) bond motifs is 4. The van der Waals surface area contributed by atoms with Gasteiger partial charge in [-0.15, -0.1) is 18.2 Å². The molecule has 4 nitrogen and oxygen atoms in total. The second-order valence-electron chi connectivity index (χ2n) is 17.2. The first-order chi connectivity index (χ1) is 25.2. The van der Waals surface area contributed by atoms with Crippen LogP contribution in [0.2, 0.25) is 17.3 Å². The predicted octanol–water partition coefficient (Wildman–Crippen LogP) is 12.4. The largest absolute Gasteiger partial charge is 0.501 e. The molecule has 0 fully saturated rings. The van der Waals surface area contributed by atoms with E-state index in [0.717, 1.165) is 67.7 Å². The molecule has 277 valence electrons. The maximum absolute atomic E-state index is 6.34. The summed E-state index contributed by atoms with van der Waals surface area (Å²) in [6, 6.07) is 46.2. The van der Waals surface area contributed by atoms with E-state index in [-0.39, 0.29) is 25.5 Å². The number of imidazole rings is 1. The molecule has 0 aliphatic heterocycles. The molecule has 0 aliphatic rings. The molecule has 1 radical (unpaired) electrons. The van der Waals surface area contributed by atoms with Gasteiger partial charge in [-0.1, -0.05) is 80.3 Å². The smallest absolute Gasteiger partial charge is 0.120 e. The van der Waals surface area contributed by atoms with Crippen LogP contribution in [0, 0.1) is 17.5 Å². The molecule has 8 aromatic rings. The van der Waals surface area contributed by atoms with E-state index < -0.39 is 13.3 Å². The van der Waals surface area contributed by atoms with Gasteiger partial charge in [-0.05, 0) is 35.2 Å². The summed E-state index contributed by atoms with van der Waals surface area (Å²) in [6.07, 6.45) is 3.24. The third-order valence-electron chi connectivity index (χ3n) is 9.58. The third kappa shape index (κ3) is 8.19. The van der Waals surface area contributed by atoms with Crippen molar-refractivity contribution >= 4 is 50.6 Å². The fourth-order valence-electron chi connectivity index (χ4n) is 7.19. The molecule has 0 bridgehead atoms. The van der Waals surface area contributed by atoms with E-state index in [1.54, 1.807) is 0 Å². The van der Waals surface area contributed by atoms with Crippen molar-refractivity contribution in [3.05, 3.63) is 145 Å². The Bertz CT molecular complexity index is 2550. The minimum absolute atomic E-state index is 0. The topological polar surface area (TPSA) is 43.9 Å². The van der Waals surface area contributed by atoms with E-state index in [1.807, 2.05) is 48.5 Å². The van der Waals surface area contributed by atoms with Crippen LogP contribution in [0.3, 0.4) is 0 Å². The zero-order chi connectivity index (χ0) is 37.5. The molecule has 0 saturated carbocycles. The van der Waals surface area contributed by atoms with Crippen LogP contribution in [0.4, 0.5) is 0 Å². The molecular weight excluding hydrogens is 899 g/mol. The van der Waals surface area contributed by atoms with Crippen LogP contribution in [0.25, 0.3) is 61.3 Å². The van der Waals surface area contributed by atoms with Crippen molar-refractivity contribution in [1.29, 1.82) is 0 Å². The fourth-order valence-corrected chi connectivity index (χ4v) is 10.5. The van der Waals surface area contributed by atoms with Crippen LogP contribution < -0.4 is 4.40 Å². The molecule has 3 heterocycles. The molecule has 0 aliphatic carbocycles. The van der Waals surface area contributed by atoms with E-state index in [2.05, 4.69) is 148 Å². The van der Waals surface area contributed by atoms with Gasteiger partial charge in [0, 0.05) is 31.2 Å². The molecule has 0 saturated heterocycles. The Balaban J connectivity index is 0.000000198. The van der Waals surface area contributed by atoms with Crippen molar-refractivity contribution in [1.82, 2.24) is 14.5 Å². The Kier molecular flexibility index (Phi) is 11.3. The normalized spacial score (nSPS) is 12.1. The van der Waals surface area contributed by atoms with Gasteiger partial charge in [0.2, 0.25) is 0 Å². The Morgan fingerprint density at radius 1 is 0.741 bits per heavy atom. The first-order valence-electron chi connectivity index (χ1n) is 18.6. The van der Waals surface area contributed by atoms with Crippen molar-refractivity contribution in [2.45, 2.75) is 70.6 Å². The molecule has 0 amide bonds. The van der Waals surface area contributed by atoms with E-state index in [4.69, 9.17) is 14.4 Å². The van der Waals surface area contributed by atoms with Crippen molar-refractivity contribution in [2.75, 3.05) is 0 Å². The molecule has 0 atom stereocenters. The van der Waals surface area contributed by atoms with Crippen LogP contribution in [-0.4, -0.2) is 27.8 Å². The zero-order valence-electron chi connectivity index (χ0n) is 32.8. The van der Waals surface area contributed by atoms with Crippen molar-refractivity contribution in [2.24, 2.45) is 5.41 Å². The van der Waals surface area contributed by atoms with Crippen molar-refractivity contribution < 1.29 is 24.5 Å². The van der Waals surface area contributed by atoms with Gasteiger partial charge in [-0.25, -0.2) is 0 Å². The van der Waals surface area contributed by atoms with Crippen molar-refractivity contribution in [3.63, 3.8) is 0 Å². The zero-order valence-corrected chi connectivity index (χ0v) is 37.3. The molecule has 5 aromatic carbocycles. The quantitative estimate of drug-likeness (QED) is 0.128. The molecule has 0 unspecified atom stereocenters. The minimum Gasteiger partial charge on any atom is -0.501 e. The van der Waals surface area contributed by atoms with E-state index in [1.165, 1.54) is 15.5 Å². The summed E-state index contributed by atoms with van der Waals surface area (Å²) >= 11 is -1.90. The van der Waals surface area contributed by atoms with Gasteiger partial charge in [-0.2, -0.15) is 0 Å². The standard InChI is InChI=1S/C29H23N2O.C19H26GeN.Ir/c1-29(2,3)22-14-5-7-16-24(22)31-25-17-8-6-15-23(25)30-28(31)21-13-10-12-20-19-11-4-9-18-26(19)32-27(20)21;1-19(2,3)13-16-12-18(15-10-8-7-9-11-15)21-14-17(16)20(4,5)6;/h4-12,14-18H,1-3H3;7-10,12,14H,13H2,1-6H3;/q2*-1;. The van der Waals surface area contributed by atoms with Crippen molar-refractivity contribution in [3.8, 4) is 28.3 Å². The fraction of sp³-hybridized carbons (Fsp3) is 0.250. The van der Waals surface area contributed by atoms with Crippen LogP contribution >= 0.6 is 0 Å². The Morgan fingerprint density at radius 3 is 2.17 bits per heavy atom. The summed E-state index contributed by atoms with van der Waals surface area (Å²) in [5.41, 5.74) is 10.9. The molecule has 0 N–H and O–H groups in total. The summed E-state index contributed by atoms with van der Waals surface area (Å²) in [5, 5.41) is 2.19. The molecule has 54 heavy (non-hydrogen) atoms. The van der Waals surface area contributed by atoms with E-state index in [0.29, 0.717) is 5.41 Å². The second kappa shape index (κ2) is 15.5. The van der Waals surface area contributed by atoms with Crippen LogP contribution in [0.5, 0.6) is 0 Å². The van der Waals surface area contributed by atoms with Gasteiger partial charge in [-0.3, -0.25) is 4.98 Å². The Labute approximate surface area is 336 Å². The summed E-state index contributed by atoms with van der Waals surface area (Å²) in [4.78, 5) is 9.80. The Hall–Kier alpha value is -4.29. The Morgan fingerprint density at radius 2 is 1.44 bits per heavy atom. The molecule has 3 aromatic heterocycles. The number of hydrogen-bond acceptors (Lipinski definition) is 3. The predicted molar refractivity (Wildman–Crippen MR) is 226 cm³/mol. The van der Waals surface area contributed by atoms with E-state index >= 15 is 0 Å². The monoisotopic (exact) mass is 950 g/mol. The number of nitrogens with zero attached hydrogens (tertiary/aromatic N) is 3. The number of rotatable bonds is 5. The van der Waals surface area contributed by atoms with Gasteiger partial charge < -0.3 is 8.98 Å². The number of hydrogen-bond donors (Lipinski definition) is 0. The van der Waals surface area contributed by atoms with Gasteiger partial charge in [0.1, 0.15) is 5.58 Å². The molecular formula is C48H49GeIrN3O-2. The van der Waals surface area contributed by atoms with Gasteiger partial charge in [0.15, 0.2) is 0 Å². The first-order valence-corrected chi connectivity index (χ1v) is 25.9. The minimum atomic E-state index is -1.90. The van der Waals surface area contributed by atoms with Crippen LogP contribution in [0.15, 0.2) is 126 Å². The number of benzene rings is 5. The van der Waals surface area contributed by atoms with Gasteiger partial charge >= 0.3 is 132 Å². The van der Waals surface area contributed by atoms with Gasteiger partial charge in [0.25, 0.3) is 0 Å². The number of pyridine rings is 1. The number of furan rings is 1.